The van der Waals surface area contributed by atoms with Gasteiger partial charge in [-0.05, 0) is 60.9 Å². The second-order valence-electron chi connectivity index (χ2n) is 7.71. The molecule has 0 radical (unpaired) electrons. The van der Waals surface area contributed by atoms with Crippen molar-refractivity contribution < 1.29 is 23.0 Å². The van der Waals surface area contributed by atoms with E-state index in [0.29, 0.717) is 18.9 Å². The van der Waals surface area contributed by atoms with E-state index in [0.717, 1.165) is 48.5 Å². The van der Waals surface area contributed by atoms with Crippen LogP contribution < -0.4 is 4.74 Å². The average Bonchev–Trinajstić information content (AvgIpc) is 3.11. The highest BCUT2D eigenvalue weighted by molar-refractivity contribution is 5.42. The van der Waals surface area contributed by atoms with Gasteiger partial charge in [-0.2, -0.15) is 13.2 Å². The first-order valence-electron chi connectivity index (χ1n) is 10.4. The molecular formula is C24H25F3N2O2. The highest BCUT2D eigenvalue weighted by atomic mass is 19.4. The van der Waals surface area contributed by atoms with Gasteiger partial charge in [0.1, 0.15) is 0 Å². The lowest BCUT2D eigenvalue weighted by atomic mass is 9.99. The van der Waals surface area contributed by atoms with Crippen LogP contribution in [0.2, 0.25) is 0 Å². The van der Waals surface area contributed by atoms with Crippen molar-refractivity contribution in [1.82, 2.24) is 9.47 Å². The van der Waals surface area contributed by atoms with Crippen LogP contribution in [0.3, 0.4) is 0 Å². The highest BCUT2D eigenvalue weighted by Gasteiger charge is 2.32. The Kier molecular flexibility index (Phi) is 5.96. The molecule has 0 bridgehead atoms. The van der Waals surface area contributed by atoms with Crippen molar-refractivity contribution in [2.75, 3.05) is 13.2 Å². The number of hydrogen-bond donors (Lipinski definition) is 1. The molecule has 0 saturated heterocycles. The summed E-state index contributed by atoms with van der Waals surface area (Å²) in [6.45, 7) is 4.53. The minimum Gasteiger partial charge on any atom is -0.504 e. The van der Waals surface area contributed by atoms with E-state index < -0.39 is 11.7 Å². The minimum absolute atomic E-state index is 0.0923. The van der Waals surface area contributed by atoms with Crippen LogP contribution in [0.4, 0.5) is 13.2 Å². The Morgan fingerprint density at radius 3 is 2.55 bits per heavy atom. The Balaban J connectivity index is 1.69. The van der Waals surface area contributed by atoms with Gasteiger partial charge in [0.15, 0.2) is 11.5 Å². The number of halogens is 3. The third-order valence-electron chi connectivity index (χ3n) is 5.62. The molecule has 31 heavy (non-hydrogen) atoms. The summed E-state index contributed by atoms with van der Waals surface area (Å²) in [6.07, 6.45) is -1.41. The molecule has 3 aromatic rings. The van der Waals surface area contributed by atoms with Crippen molar-refractivity contribution in [1.29, 1.82) is 0 Å². The van der Waals surface area contributed by atoms with Crippen molar-refractivity contribution in [3.05, 3.63) is 83.2 Å². The maximum absolute atomic E-state index is 13.1. The lowest BCUT2D eigenvalue weighted by molar-refractivity contribution is -0.137. The summed E-state index contributed by atoms with van der Waals surface area (Å²) >= 11 is 0. The van der Waals surface area contributed by atoms with E-state index in [2.05, 4.69) is 9.47 Å². The number of rotatable bonds is 5. The molecule has 1 aliphatic rings. The zero-order valence-electron chi connectivity index (χ0n) is 17.3. The number of phenols is 1. The average molecular weight is 430 g/mol. The molecule has 2 aromatic carbocycles. The van der Waals surface area contributed by atoms with Gasteiger partial charge in [-0.3, -0.25) is 4.90 Å². The molecule has 4 nitrogen and oxygen atoms in total. The molecule has 0 spiro atoms. The Bertz CT molecular complexity index is 1030. The molecule has 0 aliphatic carbocycles. The minimum atomic E-state index is -4.36. The van der Waals surface area contributed by atoms with Gasteiger partial charge in [-0.1, -0.05) is 18.2 Å². The molecule has 0 fully saturated rings. The Hall–Kier alpha value is -2.93. The summed E-state index contributed by atoms with van der Waals surface area (Å²) in [7, 11) is 0. The summed E-state index contributed by atoms with van der Waals surface area (Å²) in [5.41, 5.74) is 2.20. The maximum Gasteiger partial charge on any atom is 0.416 e. The van der Waals surface area contributed by atoms with Gasteiger partial charge in [0, 0.05) is 31.5 Å². The standard InChI is InChI=1S/C24H25F3N2O2/c1-2-31-22-15-17(6-11-21(22)30)16-29-14-4-13-28-12-3-5-20(28)23(29)18-7-9-19(10-8-18)24(25,26)27/h3,5-12,15,23,30H,2,4,13-14,16H2,1H3. The molecule has 0 saturated carbocycles. The molecule has 1 unspecified atom stereocenters. The third-order valence-corrected chi connectivity index (χ3v) is 5.62. The van der Waals surface area contributed by atoms with E-state index >= 15 is 0 Å². The van der Waals surface area contributed by atoms with Crippen LogP contribution in [0.5, 0.6) is 11.5 Å². The predicted molar refractivity (Wildman–Crippen MR) is 112 cm³/mol. The summed E-state index contributed by atoms with van der Waals surface area (Å²) in [5.74, 6) is 0.527. The Morgan fingerprint density at radius 1 is 1.06 bits per heavy atom. The molecule has 7 heteroatoms. The van der Waals surface area contributed by atoms with Crippen molar-refractivity contribution in [3.8, 4) is 11.5 Å². The number of aryl methyl sites for hydroxylation is 1. The molecule has 1 atom stereocenters. The van der Waals surface area contributed by atoms with Crippen molar-refractivity contribution in [2.24, 2.45) is 0 Å². The highest BCUT2D eigenvalue weighted by Crippen LogP contribution is 2.36. The smallest absolute Gasteiger partial charge is 0.416 e. The van der Waals surface area contributed by atoms with Crippen LogP contribution in [-0.2, 0) is 19.3 Å². The van der Waals surface area contributed by atoms with E-state index in [-0.39, 0.29) is 11.8 Å². The first-order valence-corrected chi connectivity index (χ1v) is 10.4. The van der Waals surface area contributed by atoms with Crippen LogP contribution >= 0.6 is 0 Å². The number of fused-ring (bicyclic) bond motifs is 1. The number of ether oxygens (including phenoxy) is 1. The fourth-order valence-electron chi connectivity index (χ4n) is 4.21. The molecule has 164 valence electrons. The van der Waals surface area contributed by atoms with Crippen LogP contribution in [0, 0.1) is 0 Å². The van der Waals surface area contributed by atoms with Crippen LogP contribution in [0.15, 0.2) is 60.8 Å². The lowest BCUT2D eigenvalue weighted by Crippen LogP contribution is -2.29. The van der Waals surface area contributed by atoms with E-state index in [1.54, 1.807) is 18.2 Å². The molecular weight excluding hydrogens is 405 g/mol. The zero-order chi connectivity index (χ0) is 22.0. The Labute approximate surface area is 179 Å². The number of hydrogen-bond acceptors (Lipinski definition) is 3. The molecule has 0 amide bonds. The van der Waals surface area contributed by atoms with Gasteiger partial charge in [0.2, 0.25) is 0 Å². The number of aromatic hydroxyl groups is 1. The van der Waals surface area contributed by atoms with E-state index in [1.165, 1.54) is 0 Å². The van der Waals surface area contributed by atoms with E-state index in [9.17, 15) is 18.3 Å². The van der Waals surface area contributed by atoms with Crippen molar-refractivity contribution in [2.45, 2.75) is 38.7 Å². The van der Waals surface area contributed by atoms with Crippen LogP contribution in [-0.4, -0.2) is 27.7 Å². The maximum atomic E-state index is 13.1. The second-order valence-corrected chi connectivity index (χ2v) is 7.71. The van der Waals surface area contributed by atoms with Crippen LogP contribution in [0.1, 0.15) is 41.8 Å². The summed E-state index contributed by atoms with van der Waals surface area (Å²) in [5, 5.41) is 10.0. The van der Waals surface area contributed by atoms with Gasteiger partial charge in [0.25, 0.3) is 0 Å². The van der Waals surface area contributed by atoms with Gasteiger partial charge in [-0.25, -0.2) is 0 Å². The lowest BCUT2D eigenvalue weighted by Gasteiger charge is -2.31. The van der Waals surface area contributed by atoms with Crippen molar-refractivity contribution >= 4 is 0 Å². The monoisotopic (exact) mass is 430 g/mol. The fraction of sp³-hybridized carbons (Fsp3) is 0.333. The molecule has 1 N–H and O–H groups in total. The van der Waals surface area contributed by atoms with Gasteiger partial charge >= 0.3 is 6.18 Å². The number of aromatic nitrogens is 1. The molecule has 2 heterocycles. The summed E-state index contributed by atoms with van der Waals surface area (Å²) < 4.78 is 46.9. The summed E-state index contributed by atoms with van der Waals surface area (Å²) in [6, 6.07) is 14.6. The third kappa shape index (κ3) is 4.56. The second kappa shape index (κ2) is 8.67. The van der Waals surface area contributed by atoms with Gasteiger partial charge in [0.05, 0.1) is 18.2 Å². The van der Waals surface area contributed by atoms with Gasteiger partial charge in [-0.15, -0.1) is 0 Å². The number of benzene rings is 2. The quantitative estimate of drug-likeness (QED) is 0.572. The van der Waals surface area contributed by atoms with E-state index in [4.69, 9.17) is 4.74 Å². The van der Waals surface area contributed by atoms with Crippen molar-refractivity contribution in [3.63, 3.8) is 0 Å². The molecule has 1 aromatic heterocycles. The zero-order valence-corrected chi connectivity index (χ0v) is 17.3. The first-order chi connectivity index (χ1) is 14.9. The number of alkyl halides is 3. The molecule has 4 rings (SSSR count). The van der Waals surface area contributed by atoms with E-state index in [1.807, 2.05) is 37.4 Å². The fourth-order valence-corrected chi connectivity index (χ4v) is 4.21. The topological polar surface area (TPSA) is 37.6 Å². The summed E-state index contributed by atoms with van der Waals surface area (Å²) in [4.78, 5) is 2.27. The number of nitrogens with zero attached hydrogens (tertiary/aromatic N) is 2. The van der Waals surface area contributed by atoms with Gasteiger partial charge < -0.3 is 14.4 Å². The molecule has 1 aliphatic heterocycles. The largest absolute Gasteiger partial charge is 0.504 e. The predicted octanol–water partition coefficient (Wildman–Crippen LogP) is 5.61. The first kappa shape index (κ1) is 21.3. The SMILES string of the molecule is CCOc1cc(CN2CCCn3cccc3C2c2ccc(C(F)(F)F)cc2)ccc1O. The number of phenolic OH excluding ortho intramolecular Hbond substituents is 1. The van der Waals surface area contributed by atoms with Crippen LogP contribution in [0.25, 0.3) is 0 Å². The normalized spacial score (nSPS) is 17.2. The Morgan fingerprint density at radius 2 is 1.84 bits per heavy atom.